The van der Waals surface area contributed by atoms with E-state index in [1.54, 1.807) is 0 Å². The van der Waals surface area contributed by atoms with Gasteiger partial charge in [-0.2, -0.15) is 0 Å². The highest BCUT2D eigenvalue weighted by atomic mass is 35.5. The molecule has 0 saturated carbocycles. The summed E-state index contributed by atoms with van der Waals surface area (Å²) in [7, 11) is 0. The number of aliphatic hydroxyl groups excluding tert-OH is 2. The molecule has 0 amide bonds. The predicted octanol–water partition coefficient (Wildman–Crippen LogP) is 2.31. The number of carbonyl (C=O) groups is 1. The molecule has 0 aliphatic carbocycles. The van der Waals surface area contributed by atoms with E-state index in [0.717, 1.165) is 11.8 Å². The maximum absolute atomic E-state index is 10.9. The van der Waals surface area contributed by atoms with Gasteiger partial charge in [-0.3, -0.25) is 14.9 Å². The van der Waals surface area contributed by atoms with Gasteiger partial charge in [-0.25, -0.2) is 0 Å². The van der Waals surface area contributed by atoms with Crippen molar-refractivity contribution in [2.24, 2.45) is 0 Å². The molecule has 0 aliphatic heterocycles. The maximum Gasteiger partial charge on any atom is 0.276 e. The van der Waals surface area contributed by atoms with E-state index in [9.17, 15) is 25.1 Å². The van der Waals surface area contributed by atoms with E-state index in [0.29, 0.717) is 5.75 Å². The highest BCUT2D eigenvalue weighted by molar-refractivity contribution is 8.13. The third-order valence-corrected chi connectivity index (χ3v) is 3.78. The molecule has 0 heterocycles. The first-order valence-corrected chi connectivity index (χ1v) is 7.13. The highest BCUT2D eigenvalue weighted by Gasteiger charge is 2.28. The average Bonchev–Trinajstić information content (AvgIpc) is 2.36. The van der Waals surface area contributed by atoms with Crippen molar-refractivity contribution >= 4 is 34.2 Å². The number of benzene rings is 1. The Morgan fingerprint density at radius 1 is 1.50 bits per heavy atom. The van der Waals surface area contributed by atoms with Crippen LogP contribution in [-0.2, 0) is 4.79 Å². The van der Waals surface area contributed by atoms with Gasteiger partial charge in [-0.15, -0.1) is 0 Å². The largest absolute Gasteiger partial charge is 0.390 e. The quantitative estimate of drug-likeness (QED) is 0.616. The second kappa shape index (κ2) is 7.58. The number of aliphatic hydroxyl groups is 2. The van der Waals surface area contributed by atoms with Gasteiger partial charge in [-0.1, -0.05) is 29.4 Å². The lowest BCUT2D eigenvalue weighted by atomic mass is 10.0. The molecule has 2 atom stereocenters. The molecule has 0 fully saturated rings. The summed E-state index contributed by atoms with van der Waals surface area (Å²) >= 11 is 6.87. The molecule has 0 spiro atoms. The Balaban J connectivity index is 2.88. The molecule has 1 rings (SSSR count). The molecule has 1 aromatic rings. The van der Waals surface area contributed by atoms with E-state index in [4.69, 9.17) is 11.6 Å². The van der Waals surface area contributed by atoms with E-state index in [1.807, 2.05) is 0 Å². The second-order valence-electron chi connectivity index (χ2n) is 4.07. The van der Waals surface area contributed by atoms with Crippen LogP contribution in [0.25, 0.3) is 0 Å². The van der Waals surface area contributed by atoms with Gasteiger partial charge in [0, 0.05) is 18.7 Å². The number of nitro groups is 1. The van der Waals surface area contributed by atoms with Crippen molar-refractivity contribution in [2.75, 3.05) is 5.75 Å². The van der Waals surface area contributed by atoms with Crippen LogP contribution < -0.4 is 0 Å². The van der Waals surface area contributed by atoms with Crippen LogP contribution >= 0.6 is 23.4 Å². The minimum absolute atomic E-state index is 0.0185. The van der Waals surface area contributed by atoms with Crippen molar-refractivity contribution in [3.63, 3.8) is 0 Å². The van der Waals surface area contributed by atoms with Gasteiger partial charge >= 0.3 is 0 Å². The van der Waals surface area contributed by atoms with Gasteiger partial charge in [0.1, 0.15) is 6.10 Å². The summed E-state index contributed by atoms with van der Waals surface area (Å²) in [5.74, 6) is 0.311. The fourth-order valence-corrected chi connectivity index (χ4v) is 2.58. The minimum Gasteiger partial charge on any atom is -0.390 e. The zero-order chi connectivity index (χ0) is 15.3. The molecule has 6 nitrogen and oxygen atoms in total. The SMILES string of the molecule is CC(=O)SCCC(O)C(O)c1c(Cl)cccc1[N+](=O)[O-]. The third-order valence-electron chi connectivity index (χ3n) is 2.61. The molecule has 2 unspecified atom stereocenters. The Labute approximate surface area is 124 Å². The monoisotopic (exact) mass is 319 g/mol. The lowest BCUT2D eigenvalue weighted by molar-refractivity contribution is -0.386. The van der Waals surface area contributed by atoms with Crippen LogP contribution in [0.4, 0.5) is 5.69 Å². The first-order valence-electron chi connectivity index (χ1n) is 5.77. The topological polar surface area (TPSA) is 101 Å². The number of nitro benzene ring substituents is 1. The van der Waals surface area contributed by atoms with E-state index in [2.05, 4.69) is 0 Å². The van der Waals surface area contributed by atoms with Gasteiger partial charge in [0.05, 0.1) is 21.6 Å². The third kappa shape index (κ3) is 4.45. The number of hydrogen-bond donors (Lipinski definition) is 2. The highest BCUT2D eigenvalue weighted by Crippen LogP contribution is 2.34. The standard InChI is InChI=1S/C12H14ClNO5S/c1-7(15)20-6-5-10(16)12(17)11-8(13)3-2-4-9(11)14(18)19/h2-4,10,12,16-17H,5-6H2,1H3. The van der Waals surface area contributed by atoms with Crippen molar-refractivity contribution in [3.8, 4) is 0 Å². The van der Waals surface area contributed by atoms with Gasteiger partial charge in [0.2, 0.25) is 0 Å². The number of rotatable bonds is 6. The Hall–Kier alpha value is -1.15. The summed E-state index contributed by atoms with van der Waals surface area (Å²) < 4.78 is 0. The van der Waals surface area contributed by atoms with Crippen LogP contribution in [0.2, 0.25) is 5.02 Å². The van der Waals surface area contributed by atoms with E-state index in [-0.39, 0.29) is 27.8 Å². The average molecular weight is 320 g/mol. The minimum atomic E-state index is -1.48. The van der Waals surface area contributed by atoms with Crippen molar-refractivity contribution in [1.82, 2.24) is 0 Å². The summed E-state index contributed by atoms with van der Waals surface area (Å²) in [5.41, 5.74) is -0.456. The molecule has 0 saturated heterocycles. The molecule has 1 aromatic carbocycles. The van der Waals surface area contributed by atoms with Gasteiger partial charge in [0.25, 0.3) is 5.69 Å². The van der Waals surface area contributed by atoms with Gasteiger partial charge in [-0.05, 0) is 12.5 Å². The molecule has 8 heteroatoms. The van der Waals surface area contributed by atoms with Crippen LogP contribution in [0, 0.1) is 10.1 Å². The first kappa shape index (κ1) is 16.9. The van der Waals surface area contributed by atoms with Crippen LogP contribution in [-0.4, -0.2) is 32.1 Å². The van der Waals surface area contributed by atoms with Crippen LogP contribution in [0.15, 0.2) is 18.2 Å². The number of thioether (sulfide) groups is 1. The number of carbonyl (C=O) groups excluding carboxylic acids is 1. The number of halogens is 1. The smallest absolute Gasteiger partial charge is 0.276 e. The predicted molar refractivity (Wildman–Crippen MR) is 76.8 cm³/mol. The number of nitrogens with zero attached hydrogens (tertiary/aromatic N) is 1. The van der Waals surface area contributed by atoms with Crippen LogP contribution in [0.5, 0.6) is 0 Å². The fraction of sp³-hybridized carbons (Fsp3) is 0.417. The lowest BCUT2D eigenvalue weighted by Crippen LogP contribution is -2.20. The Bertz CT molecular complexity index is 511. The summed E-state index contributed by atoms with van der Waals surface area (Å²) in [6.45, 7) is 1.40. The summed E-state index contributed by atoms with van der Waals surface area (Å²) in [4.78, 5) is 21.0. The zero-order valence-corrected chi connectivity index (χ0v) is 12.2. The van der Waals surface area contributed by atoms with Crippen molar-refractivity contribution in [2.45, 2.75) is 25.6 Å². The normalized spacial score (nSPS) is 13.8. The molecular weight excluding hydrogens is 306 g/mol. The molecule has 2 N–H and O–H groups in total. The van der Waals surface area contributed by atoms with Gasteiger partial charge < -0.3 is 10.2 Å². The fourth-order valence-electron chi connectivity index (χ4n) is 1.65. The molecule has 0 aliphatic rings. The van der Waals surface area contributed by atoms with Crippen molar-refractivity contribution < 1.29 is 19.9 Å². The van der Waals surface area contributed by atoms with Crippen molar-refractivity contribution in [3.05, 3.63) is 38.9 Å². The Morgan fingerprint density at radius 2 is 2.15 bits per heavy atom. The molecule has 110 valence electrons. The van der Waals surface area contributed by atoms with Gasteiger partial charge in [0.15, 0.2) is 5.12 Å². The lowest BCUT2D eigenvalue weighted by Gasteiger charge is -2.18. The van der Waals surface area contributed by atoms with E-state index >= 15 is 0 Å². The van der Waals surface area contributed by atoms with E-state index in [1.165, 1.54) is 25.1 Å². The Kier molecular flexibility index (Phi) is 6.41. The van der Waals surface area contributed by atoms with Crippen molar-refractivity contribution in [1.29, 1.82) is 0 Å². The number of hydrogen-bond acceptors (Lipinski definition) is 6. The van der Waals surface area contributed by atoms with E-state index < -0.39 is 17.1 Å². The first-order chi connectivity index (χ1) is 9.34. The molecule has 0 aromatic heterocycles. The maximum atomic E-state index is 10.9. The van der Waals surface area contributed by atoms with Crippen LogP contribution in [0.3, 0.4) is 0 Å². The second-order valence-corrected chi connectivity index (χ2v) is 5.75. The summed E-state index contributed by atoms with van der Waals surface area (Å²) in [5, 5.41) is 30.7. The zero-order valence-electron chi connectivity index (χ0n) is 10.7. The molecule has 20 heavy (non-hydrogen) atoms. The van der Waals surface area contributed by atoms with Crippen LogP contribution in [0.1, 0.15) is 25.0 Å². The molecule has 0 bridgehead atoms. The summed E-state index contributed by atoms with van der Waals surface area (Å²) in [6, 6.07) is 4.01. The molecular formula is C12H14ClNO5S. The summed E-state index contributed by atoms with van der Waals surface area (Å²) in [6.07, 6.45) is -2.59. The Morgan fingerprint density at radius 3 is 2.70 bits per heavy atom. The molecule has 0 radical (unpaired) electrons.